The molecule has 0 radical (unpaired) electrons. The number of hydrogen-bond donors (Lipinski definition) is 1. The molecule has 2 aromatic carbocycles. The zero-order chi connectivity index (χ0) is 18.7. The third-order valence-electron chi connectivity index (χ3n) is 3.75. The molecule has 0 aliphatic heterocycles. The second-order valence-corrected chi connectivity index (χ2v) is 6.26. The number of methoxy groups -OCH3 is 2. The molecule has 0 aliphatic rings. The zero-order valence-electron chi connectivity index (χ0n) is 14.0. The summed E-state index contributed by atoms with van der Waals surface area (Å²) in [4.78, 5) is 16.3. The molecule has 1 aromatic heterocycles. The van der Waals surface area contributed by atoms with E-state index >= 15 is 0 Å². The third-order valence-corrected chi connectivity index (χ3v) is 4.84. The van der Waals surface area contributed by atoms with Crippen molar-refractivity contribution in [1.82, 2.24) is 4.98 Å². The number of rotatable bonds is 5. The van der Waals surface area contributed by atoms with E-state index in [4.69, 9.17) is 9.47 Å². The molecule has 0 spiro atoms. The zero-order valence-corrected chi connectivity index (χ0v) is 14.8. The number of nitrogens with zero attached hydrogens (tertiary/aromatic N) is 2. The van der Waals surface area contributed by atoms with Gasteiger partial charge in [-0.05, 0) is 42.5 Å². The summed E-state index contributed by atoms with van der Waals surface area (Å²) < 4.78 is 10.3. The molecule has 0 saturated carbocycles. The fraction of sp³-hybridized carbons (Fsp3) is 0.105. The fourth-order valence-corrected chi connectivity index (χ4v) is 3.38. The number of thiazole rings is 1. The van der Waals surface area contributed by atoms with Crippen LogP contribution in [0.4, 0.5) is 0 Å². The number of nitriles is 1. The van der Waals surface area contributed by atoms with E-state index in [2.05, 4.69) is 11.1 Å². The summed E-state index contributed by atoms with van der Waals surface area (Å²) in [7, 11) is 3.05. The molecule has 26 heavy (non-hydrogen) atoms. The highest BCUT2D eigenvalue weighted by atomic mass is 32.1. The normalized spacial score (nSPS) is 10.2. The van der Waals surface area contributed by atoms with E-state index in [1.807, 2.05) is 0 Å². The van der Waals surface area contributed by atoms with Gasteiger partial charge in [0.2, 0.25) is 0 Å². The molecule has 0 amide bonds. The monoisotopic (exact) mass is 366 g/mol. The Kier molecular flexibility index (Phi) is 4.87. The van der Waals surface area contributed by atoms with Gasteiger partial charge in [0.25, 0.3) is 0 Å². The van der Waals surface area contributed by atoms with Crippen molar-refractivity contribution in [3.8, 4) is 39.4 Å². The van der Waals surface area contributed by atoms with Gasteiger partial charge in [0.05, 0.1) is 25.5 Å². The average Bonchev–Trinajstić information content (AvgIpc) is 3.13. The summed E-state index contributed by atoms with van der Waals surface area (Å²) in [6.07, 6.45) is 0. The number of carbonyl (C=O) groups is 1. The van der Waals surface area contributed by atoms with Crippen LogP contribution in [0, 0.1) is 11.3 Å². The highest BCUT2D eigenvalue weighted by Gasteiger charge is 2.20. The van der Waals surface area contributed by atoms with Crippen molar-refractivity contribution in [2.75, 3.05) is 14.2 Å². The van der Waals surface area contributed by atoms with Crippen molar-refractivity contribution in [1.29, 1.82) is 5.26 Å². The summed E-state index contributed by atoms with van der Waals surface area (Å²) in [5.41, 5.74) is 2.09. The number of carboxylic acids is 1. The number of aromatic carboxylic acids is 1. The minimum atomic E-state index is -1.05. The third kappa shape index (κ3) is 3.23. The quantitative estimate of drug-likeness (QED) is 0.732. The van der Waals surface area contributed by atoms with Gasteiger partial charge in [-0.25, -0.2) is 9.78 Å². The molecule has 130 valence electrons. The maximum absolute atomic E-state index is 11.7. The second kappa shape index (κ2) is 7.25. The predicted octanol–water partition coefficient (Wildman–Crippen LogP) is 4.06. The van der Waals surface area contributed by atoms with Crippen LogP contribution in [-0.2, 0) is 0 Å². The Balaban J connectivity index is 2.10. The summed E-state index contributed by atoms with van der Waals surface area (Å²) in [6, 6.07) is 14.2. The molecule has 0 unspecified atom stereocenters. The molecule has 6 nitrogen and oxygen atoms in total. The highest BCUT2D eigenvalue weighted by molar-refractivity contribution is 7.17. The van der Waals surface area contributed by atoms with Gasteiger partial charge in [-0.15, -0.1) is 11.3 Å². The van der Waals surface area contributed by atoms with Gasteiger partial charge >= 0.3 is 5.97 Å². The lowest BCUT2D eigenvalue weighted by molar-refractivity contribution is 0.0702. The molecular formula is C19H14N2O4S. The van der Waals surface area contributed by atoms with Crippen molar-refractivity contribution in [3.63, 3.8) is 0 Å². The largest absolute Gasteiger partial charge is 0.497 e. The van der Waals surface area contributed by atoms with Gasteiger partial charge in [-0.2, -0.15) is 5.26 Å². The molecule has 0 saturated heterocycles. The lowest BCUT2D eigenvalue weighted by atomic mass is 10.1. The minimum Gasteiger partial charge on any atom is -0.497 e. The molecule has 0 fully saturated rings. The summed E-state index contributed by atoms with van der Waals surface area (Å²) in [6.45, 7) is 0. The lowest BCUT2D eigenvalue weighted by Gasteiger charge is -2.04. The van der Waals surface area contributed by atoms with Gasteiger partial charge in [-0.1, -0.05) is 0 Å². The van der Waals surface area contributed by atoms with Crippen LogP contribution in [0.1, 0.15) is 15.2 Å². The molecule has 1 heterocycles. The summed E-state index contributed by atoms with van der Waals surface area (Å²) >= 11 is 1.07. The molecule has 1 N–H and O–H groups in total. The smallest absolute Gasteiger partial charge is 0.348 e. The standard InChI is InChI=1S/C19H14N2O4S/c1-24-14-6-3-11(4-7-14)16-17(19(22)23)26-18(21-16)12-5-8-15(25-2)13(9-12)10-20/h3-9H,1-2H3,(H,22,23). The number of hydrogen-bond acceptors (Lipinski definition) is 6. The van der Waals surface area contributed by atoms with Crippen LogP contribution in [0.15, 0.2) is 42.5 Å². The van der Waals surface area contributed by atoms with E-state index < -0.39 is 5.97 Å². The Labute approximate surface area is 153 Å². The number of ether oxygens (including phenoxy) is 2. The second-order valence-electron chi connectivity index (χ2n) is 5.26. The summed E-state index contributed by atoms with van der Waals surface area (Å²) in [5, 5.41) is 19.3. The van der Waals surface area contributed by atoms with E-state index in [0.29, 0.717) is 38.9 Å². The van der Waals surface area contributed by atoms with Crippen LogP contribution in [-0.4, -0.2) is 30.3 Å². The minimum absolute atomic E-state index is 0.138. The average molecular weight is 366 g/mol. The van der Waals surface area contributed by atoms with E-state index in [1.54, 1.807) is 49.6 Å². The van der Waals surface area contributed by atoms with Gasteiger partial charge in [-0.3, -0.25) is 0 Å². The van der Waals surface area contributed by atoms with E-state index in [9.17, 15) is 15.2 Å². The summed E-state index contributed by atoms with van der Waals surface area (Å²) in [5.74, 6) is 0.0881. The molecule has 7 heteroatoms. The Morgan fingerprint density at radius 1 is 1.12 bits per heavy atom. The Bertz CT molecular complexity index is 1000. The number of benzene rings is 2. The maximum Gasteiger partial charge on any atom is 0.348 e. The van der Waals surface area contributed by atoms with Gasteiger partial charge < -0.3 is 14.6 Å². The first-order valence-corrected chi connectivity index (χ1v) is 8.36. The van der Waals surface area contributed by atoms with Crippen LogP contribution in [0.5, 0.6) is 11.5 Å². The van der Waals surface area contributed by atoms with Crippen LogP contribution < -0.4 is 9.47 Å². The van der Waals surface area contributed by atoms with Crippen molar-refractivity contribution in [2.45, 2.75) is 0 Å². The first-order chi connectivity index (χ1) is 12.6. The molecule has 0 bridgehead atoms. The molecule has 0 aliphatic carbocycles. The van der Waals surface area contributed by atoms with Gasteiger partial charge in [0.1, 0.15) is 27.5 Å². The first-order valence-electron chi connectivity index (χ1n) is 7.54. The van der Waals surface area contributed by atoms with E-state index in [0.717, 1.165) is 11.3 Å². The van der Waals surface area contributed by atoms with Crippen molar-refractivity contribution in [2.24, 2.45) is 0 Å². The maximum atomic E-state index is 11.7. The molecule has 3 rings (SSSR count). The number of carboxylic acid groups (broad SMARTS) is 1. The van der Waals surface area contributed by atoms with Crippen molar-refractivity contribution >= 4 is 17.3 Å². The molecule has 0 atom stereocenters. The van der Waals surface area contributed by atoms with Crippen LogP contribution in [0.2, 0.25) is 0 Å². The number of aromatic nitrogens is 1. The van der Waals surface area contributed by atoms with Gasteiger partial charge in [0.15, 0.2) is 0 Å². The van der Waals surface area contributed by atoms with E-state index in [-0.39, 0.29) is 4.88 Å². The van der Waals surface area contributed by atoms with Crippen molar-refractivity contribution in [3.05, 3.63) is 52.9 Å². The molecular weight excluding hydrogens is 352 g/mol. The predicted molar refractivity (Wildman–Crippen MR) is 97.8 cm³/mol. The Hall–Kier alpha value is -3.37. The fourth-order valence-electron chi connectivity index (χ4n) is 2.46. The Morgan fingerprint density at radius 2 is 1.81 bits per heavy atom. The first kappa shape index (κ1) is 17.5. The van der Waals surface area contributed by atoms with Crippen LogP contribution in [0.25, 0.3) is 21.8 Å². The van der Waals surface area contributed by atoms with Gasteiger partial charge in [0, 0.05) is 11.1 Å². The highest BCUT2D eigenvalue weighted by Crippen LogP contribution is 2.36. The van der Waals surface area contributed by atoms with Crippen molar-refractivity contribution < 1.29 is 19.4 Å². The Morgan fingerprint density at radius 3 is 2.38 bits per heavy atom. The molecule has 3 aromatic rings. The van der Waals surface area contributed by atoms with Crippen LogP contribution in [0.3, 0.4) is 0 Å². The topological polar surface area (TPSA) is 92.4 Å². The van der Waals surface area contributed by atoms with Crippen LogP contribution >= 0.6 is 11.3 Å². The lowest BCUT2D eigenvalue weighted by Crippen LogP contribution is -1.95. The SMILES string of the molecule is COc1ccc(-c2nc(-c3ccc(OC)c(C#N)c3)sc2C(=O)O)cc1. The van der Waals surface area contributed by atoms with E-state index in [1.165, 1.54) is 7.11 Å².